The van der Waals surface area contributed by atoms with E-state index in [-0.39, 0.29) is 17.2 Å². The van der Waals surface area contributed by atoms with Crippen LogP contribution >= 0.6 is 0 Å². The van der Waals surface area contributed by atoms with E-state index in [4.69, 9.17) is 0 Å². The number of carbonyl (C=O) groups excluding carboxylic acids is 1. The van der Waals surface area contributed by atoms with Crippen LogP contribution in [0.2, 0.25) is 0 Å². The summed E-state index contributed by atoms with van der Waals surface area (Å²) in [6.45, 7) is 2.77. The highest BCUT2D eigenvalue weighted by atomic mass is 16.2. The number of rotatable bonds is 4. The van der Waals surface area contributed by atoms with E-state index in [1.165, 1.54) is 12.1 Å². The molecule has 0 aliphatic heterocycles. The first kappa shape index (κ1) is 11.4. The maximum atomic E-state index is 11.7. The van der Waals surface area contributed by atoms with Gasteiger partial charge in [-0.15, -0.1) is 0 Å². The zero-order valence-electron chi connectivity index (χ0n) is 8.99. The lowest BCUT2D eigenvalue weighted by atomic mass is 10.3. The molecule has 0 saturated carbocycles. The molecule has 5 heteroatoms. The molecule has 0 aliphatic rings. The Kier molecular flexibility index (Phi) is 4.03. The summed E-state index contributed by atoms with van der Waals surface area (Å²) in [5.41, 5.74) is -0.0315. The number of hydrogen-bond donors (Lipinski definition) is 1. The second kappa shape index (κ2) is 5.29. The molecule has 0 bridgehead atoms. The molecule has 1 aromatic heterocycles. The Labute approximate surface area is 88.1 Å². The quantitative estimate of drug-likeness (QED) is 0.791. The lowest BCUT2D eigenvalue weighted by molar-refractivity contribution is 0.0786. The van der Waals surface area contributed by atoms with Gasteiger partial charge in [0.1, 0.15) is 5.69 Å². The molecule has 0 radical (unpaired) electrons. The highest BCUT2D eigenvalue weighted by Crippen LogP contribution is 1.98. The van der Waals surface area contributed by atoms with Crippen LogP contribution in [0.4, 0.5) is 0 Å². The van der Waals surface area contributed by atoms with E-state index in [9.17, 15) is 9.59 Å². The normalized spacial score (nSPS) is 10.0. The molecular weight excluding hydrogens is 194 g/mol. The van der Waals surface area contributed by atoms with E-state index in [0.29, 0.717) is 6.54 Å². The molecule has 1 rings (SSSR count). The third kappa shape index (κ3) is 3.19. The van der Waals surface area contributed by atoms with Crippen LogP contribution in [0.1, 0.15) is 30.3 Å². The monoisotopic (exact) mass is 209 g/mol. The van der Waals surface area contributed by atoms with Crippen LogP contribution in [0.15, 0.2) is 16.9 Å². The number of unbranched alkanes of at least 4 members (excludes halogenated alkanes) is 1. The molecule has 0 atom stereocenters. The summed E-state index contributed by atoms with van der Waals surface area (Å²) in [6.07, 6.45) is 2.00. The Morgan fingerprint density at radius 3 is 2.80 bits per heavy atom. The lowest BCUT2D eigenvalue weighted by Gasteiger charge is -2.15. The second-order valence-corrected chi connectivity index (χ2v) is 3.39. The van der Waals surface area contributed by atoms with Gasteiger partial charge in [-0.3, -0.25) is 9.59 Å². The van der Waals surface area contributed by atoms with Gasteiger partial charge in [0.05, 0.1) is 0 Å². The second-order valence-electron chi connectivity index (χ2n) is 3.39. The van der Waals surface area contributed by atoms with Gasteiger partial charge in [0.2, 0.25) is 0 Å². The van der Waals surface area contributed by atoms with Gasteiger partial charge in [0.15, 0.2) is 0 Å². The summed E-state index contributed by atoms with van der Waals surface area (Å²) in [4.78, 5) is 24.0. The van der Waals surface area contributed by atoms with Crippen LogP contribution in [0.25, 0.3) is 0 Å². The first-order valence-electron chi connectivity index (χ1n) is 4.96. The number of aromatic nitrogens is 2. The fraction of sp³-hybridized carbons (Fsp3) is 0.500. The van der Waals surface area contributed by atoms with Crippen LogP contribution in [0.3, 0.4) is 0 Å². The van der Waals surface area contributed by atoms with Crippen molar-refractivity contribution in [3.05, 3.63) is 28.2 Å². The molecular formula is C10H15N3O2. The van der Waals surface area contributed by atoms with Crippen LogP contribution in [-0.4, -0.2) is 34.6 Å². The van der Waals surface area contributed by atoms with Crippen LogP contribution in [0, 0.1) is 0 Å². The molecule has 0 unspecified atom stereocenters. The summed E-state index contributed by atoms with van der Waals surface area (Å²) in [5.74, 6) is -0.167. The molecule has 0 spiro atoms. The van der Waals surface area contributed by atoms with Crippen molar-refractivity contribution >= 4 is 5.91 Å². The molecule has 1 N–H and O–H groups in total. The van der Waals surface area contributed by atoms with Crippen molar-refractivity contribution < 1.29 is 4.79 Å². The standard InChI is InChI=1S/C10H15N3O2/c1-3-4-7-13(2)10(15)8-5-6-9(14)12-11-8/h5-6H,3-4,7H2,1-2H3,(H,12,14). The molecule has 1 aromatic rings. The minimum atomic E-state index is -0.303. The number of nitrogens with zero attached hydrogens (tertiary/aromatic N) is 2. The van der Waals surface area contributed by atoms with Crippen molar-refractivity contribution in [2.75, 3.05) is 13.6 Å². The average Bonchev–Trinajstić information content (AvgIpc) is 2.26. The van der Waals surface area contributed by atoms with Gasteiger partial charge >= 0.3 is 0 Å². The first-order chi connectivity index (χ1) is 7.15. The highest BCUT2D eigenvalue weighted by molar-refractivity contribution is 5.91. The van der Waals surface area contributed by atoms with Gasteiger partial charge in [0.25, 0.3) is 11.5 Å². The molecule has 0 aliphatic carbocycles. The Balaban J connectivity index is 2.67. The first-order valence-corrected chi connectivity index (χ1v) is 4.96. The van der Waals surface area contributed by atoms with Crippen molar-refractivity contribution in [2.45, 2.75) is 19.8 Å². The molecule has 0 saturated heterocycles. The van der Waals surface area contributed by atoms with Gasteiger partial charge in [-0.25, -0.2) is 5.10 Å². The maximum Gasteiger partial charge on any atom is 0.274 e. The fourth-order valence-corrected chi connectivity index (χ4v) is 1.16. The zero-order chi connectivity index (χ0) is 11.3. The summed E-state index contributed by atoms with van der Waals surface area (Å²) in [5, 5.41) is 5.92. The number of nitrogens with one attached hydrogen (secondary N) is 1. The number of hydrogen-bond acceptors (Lipinski definition) is 3. The molecule has 1 amide bonds. The van der Waals surface area contributed by atoms with Gasteiger partial charge in [-0.05, 0) is 12.5 Å². The summed E-state index contributed by atoms with van der Waals surface area (Å²) < 4.78 is 0. The van der Waals surface area contributed by atoms with Crippen molar-refractivity contribution in [1.82, 2.24) is 15.1 Å². The molecule has 5 nitrogen and oxygen atoms in total. The third-order valence-corrected chi connectivity index (χ3v) is 2.09. The Morgan fingerprint density at radius 2 is 2.27 bits per heavy atom. The Bertz CT molecular complexity index is 366. The Hall–Kier alpha value is -1.65. The molecule has 15 heavy (non-hydrogen) atoms. The van der Waals surface area contributed by atoms with Gasteiger partial charge in [-0.1, -0.05) is 13.3 Å². The molecule has 82 valence electrons. The third-order valence-electron chi connectivity index (χ3n) is 2.09. The summed E-state index contributed by atoms with van der Waals surface area (Å²) in [7, 11) is 1.73. The van der Waals surface area contributed by atoms with E-state index in [1.807, 2.05) is 0 Å². The van der Waals surface area contributed by atoms with Crippen molar-refractivity contribution in [2.24, 2.45) is 0 Å². The highest BCUT2D eigenvalue weighted by Gasteiger charge is 2.12. The summed E-state index contributed by atoms with van der Waals surface area (Å²) in [6, 6.07) is 2.73. The zero-order valence-corrected chi connectivity index (χ0v) is 8.99. The van der Waals surface area contributed by atoms with Crippen molar-refractivity contribution in [3.8, 4) is 0 Å². The maximum absolute atomic E-state index is 11.7. The topological polar surface area (TPSA) is 66.1 Å². The average molecular weight is 209 g/mol. The number of carbonyl (C=O) groups is 1. The van der Waals surface area contributed by atoms with E-state index >= 15 is 0 Å². The largest absolute Gasteiger partial charge is 0.340 e. The van der Waals surface area contributed by atoms with E-state index in [2.05, 4.69) is 17.1 Å². The lowest BCUT2D eigenvalue weighted by Crippen LogP contribution is -2.29. The van der Waals surface area contributed by atoms with E-state index in [0.717, 1.165) is 12.8 Å². The molecule has 1 heterocycles. The minimum absolute atomic E-state index is 0.167. The molecule has 0 fully saturated rings. The predicted molar refractivity (Wildman–Crippen MR) is 56.7 cm³/mol. The predicted octanol–water partition coefficient (Wildman–Crippen LogP) is 0.642. The fourth-order valence-electron chi connectivity index (χ4n) is 1.16. The van der Waals surface area contributed by atoms with Crippen LogP contribution in [-0.2, 0) is 0 Å². The van der Waals surface area contributed by atoms with Gasteiger partial charge in [-0.2, -0.15) is 5.10 Å². The summed E-state index contributed by atoms with van der Waals surface area (Å²) >= 11 is 0. The van der Waals surface area contributed by atoms with Crippen molar-refractivity contribution in [1.29, 1.82) is 0 Å². The van der Waals surface area contributed by atoms with Crippen LogP contribution in [0.5, 0.6) is 0 Å². The SMILES string of the molecule is CCCCN(C)C(=O)c1ccc(=O)[nH]n1. The van der Waals surface area contributed by atoms with E-state index in [1.54, 1.807) is 11.9 Å². The minimum Gasteiger partial charge on any atom is -0.340 e. The van der Waals surface area contributed by atoms with E-state index < -0.39 is 0 Å². The smallest absolute Gasteiger partial charge is 0.274 e. The number of aromatic amines is 1. The molecule has 0 aromatic carbocycles. The van der Waals surface area contributed by atoms with Gasteiger partial charge in [0, 0.05) is 19.7 Å². The van der Waals surface area contributed by atoms with Gasteiger partial charge < -0.3 is 4.90 Å². The number of H-pyrrole nitrogens is 1. The van der Waals surface area contributed by atoms with Crippen molar-refractivity contribution in [3.63, 3.8) is 0 Å². The number of amides is 1. The van der Waals surface area contributed by atoms with Crippen LogP contribution < -0.4 is 5.56 Å². The Morgan fingerprint density at radius 1 is 1.53 bits per heavy atom.